The lowest BCUT2D eigenvalue weighted by Gasteiger charge is -1.96. The molecule has 68 valence electrons. The Hall–Kier alpha value is -1.05. The van der Waals surface area contributed by atoms with Crippen LogP contribution in [0.3, 0.4) is 0 Å². The molecule has 0 fully saturated rings. The van der Waals surface area contributed by atoms with Crippen molar-refractivity contribution in [3.8, 4) is 0 Å². The highest BCUT2D eigenvalue weighted by Crippen LogP contribution is 2.03. The minimum atomic E-state index is -0.155. The zero-order chi connectivity index (χ0) is 9.40. The number of carbonyl (C=O) groups is 1. The Kier molecular flexibility index (Phi) is 6.07. The van der Waals surface area contributed by atoms with Gasteiger partial charge in [-0.1, -0.05) is 17.7 Å². The third-order valence-electron chi connectivity index (χ3n) is 1.54. The molecule has 0 aliphatic rings. The molecule has 0 amide bonds. The molecule has 0 heterocycles. The molecule has 0 unspecified atom stereocenters. The molecule has 0 N–H and O–H groups in total. The van der Waals surface area contributed by atoms with Gasteiger partial charge in [0, 0.05) is 6.42 Å². The minimum Gasteiger partial charge on any atom is -0.469 e. The Balaban J connectivity index is 3.58. The van der Waals surface area contributed by atoms with Gasteiger partial charge in [0.2, 0.25) is 0 Å². The fourth-order valence-electron chi connectivity index (χ4n) is 0.849. The second-order valence-electron chi connectivity index (χ2n) is 2.66. The van der Waals surface area contributed by atoms with E-state index in [2.05, 4.69) is 11.3 Å². The van der Waals surface area contributed by atoms with Crippen LogP contribution >= 0.6 is 0 Å². The van der Waals surface area contributed by atoms with Crippen LogP contribution in [0.15, 0.2) is 24.3 Å². The van der Waals surface area contributed by atoms with Gasteiger partial charge in [0.1, 0.15) is 0 Å². The molecule has 12 heavy (non-hydrogen) atoms. The number of allylic oxidation sites excluding steroid dienone is 3. The predicted octanol–water partition coefficient (Wildman–Crippen LogP) is 2.46. The first-order valence-electron chi connectivity index (χ1n) is 4.04. The van der Waals surface area contributed by atoms with E-state index in [0.717, 1.165) is 12.8 Å². The summed E-state index contributed by atoms with van der Waals surface area (Å²) in [4.78, 5) is 10.7. The van der Waals surface area contributed by atoms with Crippen LogP contribution in [-0.2, 0) is 9.53 Å². The minimum absolute atomic E-state index is 0.155. The first-order chi connectivity index (χ1) is 5.70. The van der Waals surface area contributed by atoms with Crippen molar-refractivity contribution >= 4 is 5.97 Å². The fourth-order valence-corrected chi connectivity index (χ4v) is 0.849. The van der Waals surface area contributed by atoms with Gasteiger partial charge in [-0.25, -0.2) is 0 Å². The molecule has 0 spiro atoms. The molecule has 0 saturated carbocycles. The van der Waals surface area contributed by atoms with Crippen LogP contribution in [-0.4, -0.2) is 13.1 Å². The third-order valence-corrected chi connectivity index (χ3v) is 1.54. The Morgan fingerprint density at radius 3 is 2.75 bits per heavy atom. The smallest absolute Gasteiger partial charge is 0.305 e. The van der Waals surface area contributed by atoms with Gasteiger partial charge >= 0.3 is 5.97 Å². The van der Waals surface area contributed by atoms with Crippen LogP contribution in [0.5, 0.6) is 0 Å². The highest BCUT2D eigenvalue weighted by atomic mass is 16.5. The first kappa shape index (κ1) is 11.0. The molecule has 0 aromatic carbocycles. The van der Waals surface area contributed by atoms with E-state index in [4.69, 9.17) is 0 Å². The van der Waals surface area contributed by atoms with Crippen molar-refractivity contribution in [1.82, 2.24) is 0 Å². The molecular formula is C10H16O2. The predicted molar refractivity (Wildman–Crippen MR) is 49.8 cm³/mol. The summed E-state index contributed by atoms with van der Waals surface area (Å²) in [6.45, 7) is 5.65. The number of methoxy groups -OCH3 is 1. The maximum Gasteiger partial charge on any atom is 0.305 e. The van der Waals surface area contributed by atoms with Gasteiger partial charge < -0.3 is 4.74 Å². The van der Waals surface area contributed by atoms with Gasteiger partial charge in [-0.2, -0.15) is 0 Å². The van der Waals surface area contributed by atoms with Crippen LogP contribution in [0.25, 0.3) is 0 Å². The first-order valence-corrected chi connectivity index (χ1v) is 4.04. The van der Waals surface area contributed by atoms with E-state index >= 15 is 0 Å². The molecule has 0 aromatic rings. The van der Waals surface area contributed by atoms with Gasteiger partial charge in [0.15, 0.2) is 0 Å². The molecule has 2 nitrogen and oxygen atoms in total. The van der Waals surface area contributed by atoms with Crippen molar-refractivity contribution in [1.29, 1.82) is 0 Å². The van der Waals surface area contributed by atoms with Gasteiger partial charge in [0.05, 0.1) is 7.11 Å². The molecule has 0 bridgehead atoms. The summed E-state index contributed by atoms with van der Waals surface area (Å²) < 4.78 is 4.50. The summed E-state index contributed by atoms with van der Waals surface area (Å²) in [5.74, 6) is -0.155. The van der Waals surface area contributed by atoms with Crippen LogP contribution in [0, 0.1) is 0 Å². The Labute approximate surface area is 73.9 Å². The molecule has 0 saturated heterocycles. The molecule has 0 rings (SSSR count). The summed E-state index contributed by atoms with van der Waals surface area (Å²) in [7, 11) is 1.41. The van der Waals surface area contributed by atoms with E-state index in [-0.39, 0.29) is 5.97 Å². The number of hydrogen-bond acceptors (Lipinski definition) is 2. The van der Waals surface area contributed by atoms with Gasteiger partial charge in [-0.05, 0) is 19.8 Å². The summed E-state index contributed by atoms with van der Waals surface area (Å²) in [6.07, 6.45) is 6.00. The quantitative estimate of drug-likeness (QED) is 0.465. The van der Waals surface area contributed by atoms with Crippen LogP contribution < -0.4 is 0 Å². The highest BCUT2D eigenvalue weighted by Gasteiger charge is 1.96. The average molecular weight is 168 g/mol. The molecule has 0 aliphatic carbocycles. The van der Waals surface area contributed by atoms with Crippen molar-refractivity contribution in [3.63, 3.8) is 0 Å². The molecule has 0 atom stereocenters. The maximum atomic E-state index is 10.7. The normalized spacial score (nSPS) is 11.0. The van der Waals surface area contributed by atoms with Crippen LogP contribution in [0.4, 0.5) is 0 Å². The lowest BCUT2D eigenvalue weighted by Crippen LogP contribution is -1.98. The molecule has 0 aromatic heterocycles. The summed E-state index contributed by atoms with van der Waals surface area (Å²) in [5.41, 5.74) is 1.24. The van der Waals surface area contributed by atoms with Crippen molar-refractivity contribution in [2.75, 3.05) is 7.11 Å². The molecule has 2 heteroatoms. The van der Waals surface area contributed by atoms with Gasteiger partial charge in [0.25, 0.3) is 0 Å². The van der Waals surface area contributed by atoms with Crippen molar-refractivity contribution in [3.05, 3.63) is 24.3 Å². The van der Waals surface area contributed by atoms with Crippen molar-refractivity contribution < 1.29 is 9.53 Å². The SMILES string of the molecule is C=CCC(C)=CCCC(=O)OC. The van der Waals surface area contributed by atoms with E-state index in [9.17, 15) is 4.79 Å². The standard InChI is InChI=1S/C10H16O2/c1-4-6-9(2)7-5-8-10(11)12-3/h4,7H,1,5-6,8H2,2-3H3. The van der Waals surface area contributed by atoms with Gasteiger partial charge in [-0.3, -0.25) is 4.79 Å². The summed E-state index contributed by atoms with van der Waals surface area (Å²) in [5, 5.41) is 0. The topological polar surface area (TPSA) is 26.3 Å². The number of rotatable bonds is 5. The summed E-state index contributed by atoms with van der Waals surface area (Å²) >= 11 is 0. The Morgan fingerprint density at radius 1 is 1.58 bits per heavy atom. The second-order valence-corrected chi connectivity index (χ2v) is 2.66. The zero-order valence-electron chi connectivity index (χ0n) is 7.80. The van der Waals surface area contributed by atoms with Crippen LogP contribution in [0.2, 0.25) is 0 Å². The summed E-state index contributed by atoms with van der Waals surface area (Å²) in [6, 6.07) is 0. The lowest BCUT2D eigenvalue weighted by molar-refractivity contribution is -0.140. The lowest BCUT2D eigenvalue weighted by atomic mass is 10.1. The van der Waals surface area contributed by atoms with Gasteiger partial charge in [-0.15, -0.1) is 6.58 Å². The van der Waals surface area contributed by atoms with E-state index in [1.807, 2.05) is 19.1 Å². The van der Waals surface area contributed by atoms with Crippen molar-refractivity contribution in [2.45, 2.75) is 26.2 Å². The van der Waals surface area contributed by atoms with Crippen LogP contribution in [0.1, 0.15) is 26.2 Å². The van der Waals surface area contributed by atoms with E-state index in [0.29, 0.717) is 6.42 Å². The maximum absolute atomic E-state index is 10.7. The average Bonchev–Trinajstić information content (AvgIpc) is 2.04. The second kappa shape index (κ2) is 6.65. The van der Waals surface area contributed by atoms with E-state index in [1.54, 1.807) is 0 Å². The Bertz CT molecular complexity index is 180. The largest absolute Gasteiger partial charge is 0.469 e. The number of ether oxygens (including phenoxy) is 1. The van der Waals surface area contributed by atoms with E-state index in [1.165, 1.54) is 12.7 Å². The molecule has 0 radical (unpaired) electrons. The highest BCUT2D eigenvalue weighted by molar-refractivity contribution is 5.69. The van der Waals surface area contributed by atoms with E-state index < -0.39 is 0 Å². The molecular weight excluding hydrogens is 152 g/mol. The third kappa shape index (κ3) is 5.71. The number of hydrogen-bond donors (Lipinski definition) is 0. The number of carbonyl (C=O) groups excluding carboxylic acids is 1. The number of esters is 1. The zero-order valence-corrected chi connectivity index (χ0v) is 7.80. The molecule has 0 aliphatic heterocycles. The Morgan fingerprint density at radius 2 is 2.25 bits per heavy atom. The van der Waals surface area contributed by atoms with Crippen molar-refractivity contribution in [2.24, 2.45) is 0 Å². The monoisotopic (exact) mass is 168 g/mol. The fraction of sp³-hybridized carbons (Fsp3) is 0.500.